The van der Waals surface area contributed by atoms with Crippen LogP contribution in [0, 0.1) is 5.92 Å². The summed E-state index contributed by atoms with van der Waals surface area (Å²) in [5, 5.41) is 9.17. The number of carbonyl (C=O) groups is 1. The molecular formula is C12H23NO4. The highest BCUT2D eigenvalue weighted by molar-refractivity contribution is 5.71. The Labute approximate surface area is 103 Å². The maximum atomic E-state index is 11.2. The zero-order chi connectivity index (χ0) is 13.0. The summed E-state index contributed by atoms with van der Waals surface area (Å²) < 4.78 is 10.6. The van der Waals surface area contributed by atoms with E-state index < -0.39 is 11.9 Å². The van der Waals surface area contributed by atoms with E-state index in [2.05, 4.69) is 11.8 Å². The van der Waals surface area contributed by atoms with Gasteiger partial charge in [0, 0.05) is 19.2 Å². The lowest BCUT2D eigenvalue weighted by molar-refractivity contribution is -0.143. The summed E-state index contributed by atoms with van der Waals surface area (Å²) >= 11 is 0. The van der Waals surface area contributed by atoms with Crippen molar-refractivity contribution in [1.82, 2.24) is 4.90 Å². The Kier molecular flexibility index (Phi) is 5.36. The lowest BCUT2D eigenvalue weighted by Gasteiger charge is -2.37. The fourth-order valence-electron chi connectivity index (χ4n) is 2.40. The van der Waals surface area contributed by atoms with Gasteiger partial charge in [-0.25, -0.2) is 0 Å². The Morgan fingerprint density at radius 3 is 2.65 bits per heavy atom. The van der Waals surface area contributed by atoms with E-state index in [9.17, 15) is 4.79 Å². The van der Waals surface area contributed by atoms with Crippen molar-refractivity contribution in [3.63, 3.8) is 0 Å². The van der Waals surface area contributed by atoms with Gasteiger partial charge in [0.1, 0.15) is 0 Å². The SMILES string of the molecule is CCN(C(C)C(C)OC)C1COCC1C(=O)O. The van der Waals surface area contributed by atoms with Gasteiger partial charge in [-0.3, -0.25) is 9.69 Å². The van der Waals surface area contributed by atoms with Crippen LogP contribution in [0.1, 0.15) is 20.8 Å². The first-order chi connectivity index (χ1) is 8.02. The van der Waals surface area contributed by atoms with Crippen LogP contribution >= 0.6 is 0 Å². The number of rotatable bonds is 6. The average molecular weight is 245 g/mol. The zero-order valence-corrected chi connectivity index (χ0v) is 11.0. The number of carboxylic acid groups (broad SMARTS) is 1. The normalized spacial score (nSPS) is 28.3. The largest absolute Gasteiger partial charge is 0.481 e. The molecule has 1 fully saturated rings. The minimum Gasteiger partial charge on any atom is -0.481 e. The maximum absolute atomic E-state index is 11.2. The number of nitrogens with zero attached hydrogens (tertiary/aromatic N) is 1. The summed E-state index contributed by atoms with van der Waals surface area (Å²) in [7, 11) is 1.68. The minimum absolute atomic E-state index is 0.0508. The van der Waals surface area contributed by atoms with Gasteiger partial charge in [0.05, 0.1) is 25.2 Å². The Morgan fingerprint density at radius 1 is 1.53 bits per heavy atom. The molecule has 17 heavy (non-hydrogen) atoms. The van der Waals surface area contributed by atoms with E-state index in [1.165, 1.54) is 0 Å². The van der Waals surface area contributed by atoms with Crippen LogP contribution in [0.25, 0.3) is 0 Å². The van der Waals surface area contributed by atoms with Gasteiger partial charge in [-0.1, -0.05) is 6.92 Å². The number of methoxy groups -OCH3 is 1. The van der Waals surface area contributed by atoms with Gasteiger partial charge in [0.2, 0.25) is 0 Å². The third-order valence-corrected chi connectivity index (χ3v) is 3.73. The van der Waals surface area contributed by atoms with Crippen LogP contribution in [0.2, 0.25) is 0 Å². The van der Waals surface area contributed by atoms with E-state index in [-0.39, 0.29) is 18.2 Å². The smallest absolute Gasteiger partial charge is 0.310 e. The summed E-state index contributed by atoms with van der Waals surface area (Å²) in [4.78, 5) is 13.3. The molecular weight excluding hydrogens is 222 g/mol. The Hall–Kier alpha value is -0.650. The minimum atomic E-state index is -0.775. The molecule has 0 aromatic rings. The molecule has 0 bridgehead atoms. The summed E-state index contributed by atoms with van der Waals surface area (Å²) in [6.07, 6.45) is 0.0741. The van der Waals surface area contributed by atoms with Crippen LogP contribution in [0.5, 0.6) is 0 Å². The molecule has 100 valence electrons. The van der Waals surface area contributed by atoms with E-state index in [0.29, 0.717) is 13.2 Å². The topological polar surface area (TPSA) is 59.0 Å². The van der Waals surface area contributed by atoms with Gasteiger partial charge in [-0.2, -0.15) is 0 Å². The van der Waals surface area contributed by atoms with Crippen LogP contribution in [-0.2, 0) is 14.3 Å². The van der Waals surface area contributed by atoms with Gasteiger partial charge in [0.15, 0.2) is 0 Å². The second kappa shape index (κ2) is 6.33. The van der Waals surface area contributed by atoms with Crippen LogP contribution in [-0.4, -0.2) is 61.0 Å². The van der Waals surface area contributed by atoms with Crippen LogP contribution in [0.3, 0.4) is 0 Å². The van der Waals surface area contributed by atoms with Gasteiger partial charge in [-0.15, -0.1) is 0 Å². The van der Waals surface area contributed by atoms with Crippen molar-refractivity contribution in [3.05, 3.63) is 0 Å². The molecule has 5 heteroatoms. The molecule has 1 aliphatic heterocycles. The summed E-state index contributed by atoms with van der Waals surface area (Å²) in [5.74, 6) is -1.20. The molecule has 0 spiro atoms. The van der Waals surface area contributed by atoms with E-state index in [1.54, 1.807) is 7.11 Å². The molecule has 0 aliphatic carbocycles. The quantitative estimate of drug-likeness (QED) is 0.751. The number of ether oxygens (including phenoxy) is 2. The fourth-order valence-corrected chi connectivity index (χ4v) is 2.40. The molecule has 0 radical (unpaired) electrons. The molecule has 0 amide bonds. The van der Waals surface area contributed by atoms with Gasteiger partial charge in [-0.05, 0) is 20.4 Å². The highest BCUT2D eigenvalue weighted by Crippen LogP contribution is 2.23. The Morgan fingerprint density at radius 2 is 2.18 bits per heavy atom. The van der Waals surface area contributed by atoms with Crippen LogP contribution < -0.4 is 0 Å². The lowest BCUT2D eigenvalue weighted by atomic mass is 9.99. The van der Waals surface area contributed by atoms with E-state index in [1.807, 2.05) is 13.8 Å². The molecule has 5 nitrogen and oxygen atoms in total. The zero-order valence-electron chi connectivity index (χ0n) is 11.0. The molecule has 4 unspecified atom stereocenters. The first kappa shape index (κ1) is 14.4. The first-order valence-corrected chi connectivity index (χ1v) is 6.12. The predicted octanol–water partition coefficient (Wildman–Crippen LogP) is 0.831. The maximum Gasteiger partial charge on any atom is 0.310 e. The van der Waals surface area contributed by atoms with E-state index in [0.717, 1.165) is 6.54 Å². The summed E-state index contributed by atoms with van der Waals surface area (Å²) in [5.41, 5.74) is 0. The van der Waals surface area contributed by atoms with Crippen molar-refractivity contribution in [3.8, 4) is 0 Å². The van der Waals surface area contributed by atoms with Crippen molar-refractivity contribution < 1.29 is 19.4 Å². The monoisotopic (exact) mass is 245 g/mol. The molecule has 0 saturated carbocycles. The molecule has 0 aromatic heterocycles. The number of aliphatic carboxylic acids is 1. The Balaban J connectivity index is 2.75. The standard InChI is InChI=1S/C12H23NO4/c1-5-13(8(2)9(3)16-4)11-7-17-6-10(11)12(14)15/h8-11H,5-7H2,1-4H3,(H,14,15). The number of likely N-dealkylation sites (N-methyl/N-ethyl adjacent to an activating group) is 1. The van der Waals surface area contributed by atoms with Crippen molar-refractivity contribution in [2.24, 2.45) is 5.92 Å². The second-order valence-electron chi connectivity index (χ2n) is 4.56. The lowest BCUT2D eigenvalue weighted by Crippen LogP contribution is -2.51. The molecule has 1 N–H and O–H groups in total. The third kappa shape index (κ3) is 3.18. The number of carboxylic acids is 1. The van der Waals surface area contributed by atoms with E-state index >= 15 is 0 Å². The van der Waals surface area contributed by atoms with Crippen LogP contribution in [0.4, 0.5) is 0 Å². The molecule has 1 heterocycles. The van der Waals surface area contributed by atoms with Gasteiger partial charge < -0.3 is 14.6 Å². The fraction of sp³-hybridized carbons (Fsp3) is 0.917. The second-order valence-corrected chi connectivity index (χ2v) is 4.56. The van der Waals surface area contributed by atoms with Crippen molar-refractivity contribution in [2.75, 3.05) is 26.9 Å². The number of hydrogen-bond acceptors (Lipinski definition) is 4. The van der Waals surface area contributed by atoms with Crippen molar-refractivity contribution in [1.29, 1.82) is 0 Å². The third-order valence-electron chi connectivity index (χ3n) is 3.73. The summed E-state index contributed by atoms with van der Waals surface area (Å²) in [6, 6.07) is 0.128. The molecule has 4 atom stereocenters. The van der Waals surface area contributed by atoms with E-state index in [4.69, 9.17) is 14.6 Å². The molecule has 0 aromatic carbocycles. The number of hydrogen-bond donors (Lipinski definition) is 1. The highest BCUT2D eigenvalue weighted by atomic mass is 16.5. The highest BCUT2D eigenvalue weighted by Gasteiger charge is 2.39. The van der Waals surface area contributed by atoms with Gasteiger partial charge >= 0.3 is 5.97 Å². The molecule has 1 rings (SSSR count). The summed E-state index contributed by atoms with van der Waals surface area (Å²) in [6.45, 7) is 7.70. The molecule has 1 aliphatic rings. The van der Waals surface area contributed by atoms with Crippen molar-refractivity contribution >= 4 is 5.97 Å². The molecule has 1 saturated heterocycles. The van der Waals surface area contributed by atoms with Gasteiger partial charge in [0.25, 0.3) is 0 Å². The predicted molar refractivity (Wildman–Crippen MR) is 64.0 cm³/mol. The first-order valence-electron chi connectivity index (χ1n) is 6.12. The van der Waals surface area contributed by atoms with Crippen molar-refractivity contribution in [2.45, 2.75) is 39.0 Å². The Bertz CT molecular complexity index is 259. The average Bonchev–Trinajstić information content (AvgIpc) is 2.78. The van der Waals surface area contributed by atoms with Crippen LogP contribution in [0.15, 0.2) is 0 Å².